The first-order valence-electron chi connectivity index (χ1n) is 8.81. The van der Waals surface area contributed by atoms with E-state index in [1.165, 1.54) is 57.9 Å². The Morgan fingerprint density at radius 1 is 1.10 bits per heavy atom. The molecule has 0 spiro atoms. The predicted octanol–water partition coefficient (Wildman–Crippen LogP) is 4.04. The first kappa shape index (κ1) is 16.3. The SMILES string of the molecule is CC1CC(C)(C)CCC1(CN)N(C)CC1CCCCC1. The fraction of sp³-hybridized carbons (Fsp3) is 1.00. The Bertz CT molecular complexity index is 307. The van der Waals surface area contributed by atoms with E-state index in [1.807, 2.05) is 0 Å². The molecule has 0 aromatic rings. The molecule has 0 radical (unpaired) electrons. The van der Waals surface area contributed by atoms with Crippen LogP contribution >= 0.6 is 0 Å². The summed E-state index contributed by atoms with van der Waals surface area (Å²) in [5.41, 5.74) is 7.04. The summed E-state index contributed by atoms with van der Waals surface area (Å²) in [5.74, 6) is 1.63. The van der Waals surface area contributed by atoms with Gasteiger partial charge >= 0.3 is 0 Å². The van der Waals surface area contributed by atoms with Crippen LogP contribution in [0.3, 0.4) is 0 Å². The van der Waals surface area contributed by atoms with E-state index in [9.17, 15) is 0 Å². The fourth-order valence-electron chi connectivity index (χ4n) is 4.89. The molecule has 2 aliphatic carbocycles. The maximum atomic E-state index is 6.28. The molecule has 0 amide bonds. The Hall–Kier alpha value is -0.0800. The van der Waals surface area contributed by atoms with Crippen LogP contribution in [0.5, 0.6) is 0 Å². The lowest BCUT2D eigenvalue weighted by molar-refractivity contribution is -0.0171. The maximum Gasteiger partial charge on any atom is 0.0354 e. The highest BCUT2D eigenvalue weighted by molar-refractivity contribution is 5.01. The van der Waals surface area contributed by atoms with E-state index in [0.717, 1.165) is 12.5 Å². The van der Waals surface area contributed by atoms with Gasteiger partial charge in [-0.1, -0.05) is 40.0 Å². The van der Waals surface area contributed by atoms with Gasteiger partial charge in [-0.25, -0.2) is 0 Å². The van der Waals surface area contributed by atoms with Crippen LogP contribution in [0.1, 0.15) is 72.1 Å². The van der Waals surface area contributed by atoms with Crippen LogP contribution in [0.15, 0.2) is 0 Å². The van der Waals surface area contributed by atoms with Crippen molar-refractivity contribution >= 4 is 0 Å². The standard InChI is InChI=1S/C18H36N2/c1-15-12-17(2,3)10-11-18(15,14-19)20(4)13-16-8-6-5-7-9-16/h15-16H,5-14,19H2,1-4H3. The zero-order chi connectivity index (χ0) is 14.8. The molecule has 0 aromatic carbocycles. The van der Waals surface area contributed by atoms with Gasteiger partial charge in [0.05, 0.1) is 0 Å². The van der Waals surface area contributed by atoms with E-state index >= 15 is 0 Å². The Kier molecular flexibility index (Phi) is 5.18. The third-order valence-corrected chi connectivity index (χ3v) is 6.38. The van der Waals surface area contributed by atoms with Gasteiger partial charge in [0.25, 0.3) is 0 Å². The van der Waals surface area contributed by atoms with Gasteiger partial charge in [-0.3, -0.25) is 4.90 Å². The molecule has 2 N–H and O–H groups in total. The van der Waals surface area contributed by atoms with Gasteiger partial charge in [-0.15, -0.1) is 0 Å². The number of hydrogen-bond acceptors (Lipinski definition) is 2. The lowest BCUT2D eigenvalue weighted by Crippen LogP contribution is -2.60. The number of likely N-dealkylation sites (N-methyl/N-ethyl adjacent to an activating group) is 1. The summed E-state index contributed by atoms with van der Waals surface area (Å²) in [6.07, 6.45) is 11.1. The number of rotatable bonds is 4. The van der Waals surface area contributed by atoms with Crippen molar-refractivity contribution in [2.24, 2.45) is 23.0 Å². The van der Waals surface area contributed by atoms with E-state index in [4.69, 9.17) is 5.73 Å². The van der Waals surface area contributed by atoms with Crippen LogP contribution in [0.4, 0.5) is 0 Å². The molecule has 0 aliphatic heterocycles. The first-order chi connectivity index (χ1) is 9.39. The molecule has 2 fully saturated rings. The molecule has 2 nitrogen and oxygen atoms in total. The molecular weight excluding hydrogens is 244 g/mol. The Morgan fingerprint density at radius 3 is 2.30 bits per heavy atom. The number of nitrogens with zero attached hydrogens (tertiary/aromatic N) is 1. The molecular formula is C18H36N2. The van der Waals surface area contributed by atoms with Crippen LogP contribution in [0, 0.1) is 17.3 Å². The monoisotopic (exact) mass is 280 g/mol. The molecule has 0 saturated heterocycles. The van der Waals surface area contributed by atoms with E-state index in [-0.39, 0.29) is 5.54 Å². The Labute approximate surface area is 126 Å². The largest absolute Gasteiger partial charge is 0.329 e. The molecule has 2 rings (SSSR count). The molecule has 20 heavy (non-hydrogen) atoms. The highest BCUT2D eigenvalue weighted by Crippen LogP contribution is 2.46. The van der Waals surface area contributed by atoms with Gasteiger partial charge in [-0.05, 0) is 56.4 Å². The number of nitrogens with two attached hydrogens (primary N) is 1. The highest BCUT2D eigenvalue weighted by atomic mass is 15.2. The Balaban J connectivity index is 2.02. The van der Waals surface area contributed by atoms with Crippen molar-refractivity contribution in [3.63, 3.8) is 0 Å². The highest BCUT2D eigenvalue weighted by Gasteiger charge is 2.45. The normalized spacial score (nSPS) is 35.4. The van der Waals surface area contributed by atoms with E-state index in [0.29, 0.717) is 11.3 Å². The third-order valence-electron chi connectivity index (χ3n) is 6.38. The summed E-state index contributed by atoms with van der Waals surface area (Å²) in [7, 11) is 2.34. The fourth-order valence-corrected chi connectivity index (χ4v) is 4.89. The van der Waals surface area contributed by atoms with Crippen LogP contribution in [0.25, 0.3) is 0 Å². The Morgan fingerprint density at radius 2 is 1.75 bits per heavy atom. The summed E-state index contributed by atoms with van der Waals surface area (Å²) in [4.78, 5) is 2.66. The average molecular weight is 280 g/mol. The van der Waals surface area contributed by atoms with Crippen molar-refractivity contribution in [1.82, 2.24) is 4.90 Å². The zero-order valence-electron chi connectivity index (χ0n) is 14.3. The number of hydrogen-bond donors (Lipinski definition) is 1. The van der Waals surface area contributed by atoms with Gasteiger partial charge in [-0.2, -0.15) is 0 Å². The maximum absolute atomic E-state index is 6.28. The van der Waals surface area contributed by atoms with Crippen molar-refractivity contribution in [3.05, 3.63) is 0 Å². The minimum Gasteiger partial charge on any atom is -0.329 e. The molecule has 2 aliphatic rings. The minimum atomic E-state index is 0.257. The van der Waals surface area contributed by atoms with Gasteiger partial charge < -0.3 is 5.73 Å². The second-order valence-electron chi connectivity index (χ2n) is 8.46. The van der Waals surface area contributed by atoms with Gasteiger partial charge in [0.1, 0.15) is 0 Å². The second-order valence-corrected chi connectivity index (χ2v) is 8.46. The summed E-state index contributed by atoms with van der Waals surface area (Å²) < 4.78 is 0. The summed E-state index contributed by atoms with van der Waals surface area (Å²) in [6.45, 7) is 9.37. The van der Waals surface area contributed by atoms with Crippen molar-refractivity contribution in [2.75, 3.05) is 20.1 Å². The average Bonchev–Trinajstić information content (AvgIpc) is 2.39. The van der Waals surface area contributed by atoms with E-state index in [1.54, 1.807) is 0 Å². The van der Waals surface area contributed by atoms with Crippen molar-refractivity contribution in [2.45, 2.75) is 77.7 Å². The van der Waals surface area contributed by atoms with Gasteiger partial charge in [0.2, 0.25) is 0 Å². The lowest BCUT2D eigenvalue weighted by atomic mass is 9.63. The van der Waals surface area contributed by atoms with Crippen molar-refractivity contribution in [3.8, 4) is 0 Å². The molecule has 2 unspecified atom stereocenters. The molecule has 2 saturated carbocycles. The third kappa shape index (κ3) is 3.39. The summed E-state index contributed by atoms with van der Waals surface area (Å²) >= 11 is 0. The van der Waals surface area contributed by atoms with Crippen LogP contribution < -0.4 is 5.73 Å². The van der Waals surface area contributed by atoms with Crippen molar-refractivity contribution in [1.29, 1.82) is 0 Å². The molecule has 0 bridgehead atoms. The molecule has 2 heteroatoms. The lowest BCUT2D eigenvalue weighted by Gasteiger charge is -2.53. The smallest absolute Gasteiger partial charge is 0.0354 e. The first-order valence-corrected chi connectivity index (χ1v) is 8.81. The van der Waals surface area contributed by atoms with Crippen LogP contribution in [-0.4, -0.2) is 30.6 Å². The zero-order valence-corrected chi connectivity index (χ0v) is 14.3. The quantitative estimate of drug-likeness (QED) is 0.842. The molecule has 118 valence electrons. The second kappa shape index (κ2) is 6.36. The minimum absolute atomic E-state index is 0.257. The summed E-state index contributed by atoms with van der Waals surface area (Å²) in [5, 5.41) is 0. The molecule has 0 heterocycles. The van der Waals surface area contributed by atoms with Crippen molar-refractivity contribution < 1.29 is 0 Å². The van der Waals surface area contributed by atoms with Crippen LogP contribution in [0.2, 0.25) is 0 Å². The van der Waals surface area contributed by atoms with Gasteiger partial charge in [0.15, 0.2) is 0 Å². The predicted molar refractivity (Wildman–Crippen MR) is 87.8 cm³/mol. The van der Waals surface area contributed by atoms with Gasteiger partial charge in [0, 0.05) is 18.6 Å². The molecule has 2 atom stereocenters. The van der Waals surface area contributed by atoms with Crippen LogP contribution in [-0.2, 0) is 0 Å². The topological polar surface area (TPSA) is 29.3 Å². The summed E-state index contributed by atoms with van der Waals surface area (Å²) in [6, 6.07) is 0. The van der Waals surface area contributed by atoms with E-state index < -0.39 is 0 Å². The molecule has 0 aromatic heterocycles. The van der Waals surface area contributed by atoms with E-state index in [2.05, 4.69) is 32.7 Å².